The fraction of sp³-hybridized carbons (Fsp3) is 0.400. The maximum absolute atomic E-state index is 2.33. The zero-order chi connectivity index (χ0) is 15.0. The van der Waals surface area contributed by atoms with E-state index in [0.29, 0.717) is 0 Å². The van der Waals surface area contributed by atoms with Crippen LogP contribution in [0, 0.1) is 0 Å². The Hall–Kier alpha value is -1.60. The third kappa shape index (κ3) is 2.20. The Bertz CT molecular complexity index is 707. The molecule has 0 N–H and O–H groups in total. The van der Waals surface area contributed by atoms with Gasteiger partial charge < -0.3 is 0 Å². The molecule has 0 amide bonds. The Balaban J connectivity index is 2.18. The lowest BCUT2D eigenvalue weighted by Gasteiger charge is -2.26. The minimum Gasteiger partial charge on any atom is -0.267 e. The SMILES string of the molecule is CCCCCC1=C(C)[N+](C)(C)c2ccc3ccccc3c21. The quantitative estimate of drug-likeness (QED) is 0.495. The van der Waals surface area contributed by atoms with Crippen molar-refractivity contribution < 1.29 is 0 Å². The normalized spacial score (nSPS) is 16.6. The van der Waals surface area contributed by atoms with E-state index in [-0.39, 0.29) is 0 Å². The van der Waals surface area contributed by atoms with E-state index in [1.54, 1.807) is 5.57 Å². The number of hydrogen-bond acceptors (Lipinski definition) is 0. The number of benzene rings is 2. The van der Waals surface area contributed by atoms with Crippen molar-refractivity contribution in [1.82, 2.24) is 4.48 Å². The summed E-state index contributed by atoms with van der Waals surface area (Å²) in [6.45, 7) is 4.59. The summed E-state index contributed by atoms with van der Waals surface area (Å²) in [5, 5.41) is 2.78. The molecule has 0 atom stereocenters. The van der Waals surface area contributed by atoms with Gasteiger partial charge in [0.2, 0.25) is 0 Å². The Morgan fingerprint density at radius 3 is 2.48 bits per heavy atom. The van der Waals surface area contributed by atoms with Crippen LogP contribution < -0.4 is 4.48 Å². The first-order valence-corrected chi connectivity index (χ1v) is 8.14. The lowest BCUT2D eigenvalue weighted by Crippen LogP contribution is -2.36. The second kappa shape index (κ2) is 5.31. The highest BCUT2D eigenvalue weighted by molar-refractivity contribution is 6.02. The molecule has 0 saturated carbocycles. The van der Waals surface area contributed by atoms with Crippen LogP contribution in [0.4, 0.5) is 5.69 Å². The number of rotatable bonds is 4. The summed E-state index contributed by atoms with van der Waals surface area (Å²) in [5.74, 6) is 0. The topological polar surface area (TPSA) is 0 Å². The van der Waals surface area contributed by atoms with Crippen LogP contribution in [0.3, 0.4) is 0 Å². The highest BCUT2D eigenvalue weighted by Gasteiger charge is 2.37. The summed E-state index contributed by atoms with van der Waals surface area (Å²) in [4.78, 5) is 0. The van der Waals surface area contributed by atoms with E-state index in [9.17, 15) is 0 Å². The highest BCUT2D eigenvalue weighted by atomic mass is 15.3. The molecule has 2 aromatic carbocycles. The van der Waals surface area contributed by atoms with Crippen molar-refractivity contribution in [1.29, 1.82) is 0 Å². The zero-order valence-electron chi connectivity index (χ0n) is 13.7. The van der Waals surface area contributed by atoms with E-state index in [2.05, 4.69) is 64.3 Å². The smallest absolute Gasteiger partial charge is 0.145 e. The van der Waals surface area contributed by atoms with Crippen LogP contribution in [-0.2, 0) is 0 Å². The predicted molar refractivity (Wildman–Crippen MR) is 94.3 cm³/mol. The summed E-state index contributed by atoms with van der Waals surface area (Å²) in [5.41, 5.74) is 6.06. The molecule has 1 aliphatic heterocycles. The van der Waals surface area contributed by atoms with E-state index in [1.807, 2.05) is 0 Å². The molecule has 0 aromatic heterocycles. The molecular weight excluding hydrogens is 254 g/mol. The number of allylic oxidation sites excluding steroid dienone is 2. The van der Waals surface area contributed by atoms with E-state index in [1.165, 1.54) is 53.4 Å². The molecule has 0 aliphatic carbocycles. The molecule has 0 spiro atoms. The molecule has 0 bridgehead atoms. The molecule has 0 unspecified atom stereocenters. The van der Waals surface area contributed by atoms with Gasteiger partial charge in [0.05, 0.1) is 19.7 Å². The van der Waals surface area contributed by atoms with Crippen LogP contribution in [0.15, 0.2) is 42.1 Å². The summed E-state index contributed by atoms with van der Waals surface area (Å²) < 4.78 is 0.904. The molecular formula is C20H26N+. The molecule has 1 aliphatic rings. The first-order chi connectivity index (χ1) is 10.1. The maximum atomic E-state index is 2.33. The molecule has 110 valence electrons. The van der Waals surface area contributed by atoms with Gasteiger partial charge in [0.1, 0.15) is 11.4 Å². The van der Waals surface area contributed by atoms with Crippen LogP contribution in [0.2, 0.25) is 0 Å². The van der Waals surface area contributed by atoms with Crippen LogP contribution in [0.5, 0.6) is 0 Å². The van der Waals surface area contributed by atoms with E-state index in [0.717, 1.165) is 4.48 Å². The molecule has 0 radical (unpaired) electrons. The van der Waals surface area contributed by atoms with Crippen LogP contribution in [-0.4, -0.2) is 14.1 Å². The largest absolute Gasteiger partial charge is 0.267 e. The summed E-state index contributed by atoms with van der Waals surface area (Å²) in [6.07, 6.45) is 5.12. The van der Waals surface area contributed by atoms with Crippen molar-refractivity contribution >= 4 is 22.0 Å². The van der Waals surface area contributed by atoms with E-state index in [4.69, 9.17) is 0 Å². The second-order valence-corrected chi connectivity index (χ2v) is 6.66. The average molecular weight is 280 g/mol. The molecule has 1 heteroatoms. The van der Waals surface area contributed by atoms with E-state index < -0.39 is 0 Å². The van der Waals surface area contributed by atoms with Crippen molar-refractivity contribution in [2.75, 3.05) is 14.1 Å². The monoisotopic (exact) mass is 280 g/mol. The lowest BCUT2D eigenvalue weighted by atomic mass is 9.94. The lowest BCUT2D eigenvalue weighted by molar-refractivity contribution is 0.506. The molecule has 21 heavy (non-hydrogen) atoms. The van der Waals surface area contributed by atoms with Crippen molar-refractivity contribution in [3.8, 4) is 0 Å². The van der Waals surface area contributed by atoms with Gasteiger partial charge >= 0.3 is 0 Å². The van der Waals surface area contributed by atoms with Gasteiger partial charge in [-0.15, -0.1) is 0 Å². The molecule has 1 heterocycles. The van der Waals surface area contributed by atoms with Crippen LogP contribution in [0.25, 0.3) is 16.3 Å². The van der Waals surface area contributed by atoms with Gasteiger partial charge in [-0.25, -0.2) is 0 Å². The van der Waals surface area contributed by atoms with Crippen LogP contribution in [0.1, 0.15) is 45.1 Å². The first kappa shape index (κ1) is 14.3. The second-order valence-electron chi connectivity index (χ2n) is 6.66. The number of fused-ring (bicyclic) bond motifs is 3. The van der Waals surface area contributed by atoms with Gasteiger partial charge in [0.25, 0.3) is 0 Å². The minimum atomic E-state index is 0.904. The maximum Gasteiger partial charge on any atom is 0.145 e. The van der Waals surface area contributed by atoms with Crippen molar-refractivity contribution in [3.63, 3.8) is 0 Å². The third-order valence-corrected chi connectivity index (χ3v) is 5.12. The fourth-order valence-electron chi connectivity index (χ4n) is 3.60. The zero-order valence-corrected chi connectivity index (χ0v) is 13.7. The summed E-state index contributed by atoms with van der Waals surface area (Å²) in [7, 11) is 4.63. The number of quaternary nitrogens is 1. The Kier molecular flexibility index (Phi) is 3.62. The van der Waals surface area contributed by atoms with Gasteiger partial charge in [-0.2, -0.15) is 0 Å². The molecule has 3 rings (SSSR count). The molecule has 1 nitrogen and oxygen atoms in total. The Labute approximate surface area is 128 Å². The van der Waals surface area contributed by atoms with Crippen molar-refractivity contribution in [2.24, 2.45) is 0 Å². The van der Waals surface area contributed by atoms with Gasteiger partial charge in [0.15, 0.2) is 0 Å². The minimum absolute atomic E-state index is 0.904. The van der Waals surface area contributed by atoms with Gasteiger partial charge in [0, 0.05) is 18.6 Å². The van der Waals surface area contributed by atoms with Crippen molar-refractivity contribution in [2.45, 2.75) is 39.5 Å². The van der Waals surface area contributed by atoms with E-state index >= 15 is 0 Å². The first-order valence-electron chi connectivity index (χ1n) is 8.14. The van der Waals surface area contributed by atoms with Crippen molar-refractivity contribution in [3.05, 3.63) is 47.7 Å². The number of unbranched alkanes of at least 4 members (excludes halogenated alkanes) is 2. The molecule has 2 aromatic rings. The van der Waals surface area contributed by atoms with Crippen LogP contribution >= 0.6 is 0 Å². The summed E-state index contributed by atoms with van der Waals surface area (Å²) in [6, 6.07) is 13.4. The average Bonchev–Trinajstić information content (AvgIpc) is 2.68. The third-order valence-electron chi connectivity index (χ3n) is 5.12. The predicted octanol–water partition coefficient (Wildman–Crippen LogP) is 5.73. The van der Waals surface area contributed by atoms with Gasteiger partial charge in [-0.05, 0) is 29.7 Å². The molecule has 0 saturated heterocycles. The standard InChI is InChI=1S/C20H26N/c1-5-6-7-11-17-15(2)21(3,4)19-14-13-16-10-8-9-12-18(16)20(17)19/h8-10,12-14H,5-7,11H2,1-4H3/q+1. The fourth-order valence-corrected chi connectivity index (χ4v) is 3.60. The molecule has 0 fully saturated rings. The number of nitrogens with zero attached hydrogens (tertiary/aromatic N) is 1. The highest BCUT2D eigenvalue weighted by Crippen LogP contribution is 2.47. The Morgan fingerprint density at radius 2 is 1.71 bits per heavy atom. The summed E-state index contributed by atoms with van der Waals surface area (Å²) >= 11 is 0. The number of hydrogen-bond donors (Lipinski definition) is 0. The Morgan fingerprint density at radius 1 is 0.952 bits per heavy atom. The van der Waals surface area contributed by atoms with Gasteiger partial charge in [-0.3, -0.25) is 4.48 Å². The van der Waals surface area contributed by atoms with Gasteiger partial charge in [-0.1, -0.05) is 44.0 Å².